The Balaban J connectivity index is 1.89. The van der Waals surface area contributed by atoms with Crippen molar-refractivity contribution in [3.8, 4) is 6.07 Å². The van der Waals surface area contributed by atoms with Gasteiger partial charge in [0.25, 0.3) is 0 Å². The van der Waals surface area contributed by atoms with E-state index < -0.39 is 0 Å². The Hall–Kier alpha value is -2.07. The molecule has 0 aliphatic rings. The average Bonchev–Trinajstić information content (AvgIpc) is 2.80. The number of nitrogens with one attached hydrogen (secondary N) is 1. The largest absolute Gasteiger partial charge is 0.381 e. The third-order valence-electron chi connectivity index (χ3n) is 3.00. The highest BCUT2D eigenvalue weighted by atomic mass is 79.9. The topological polar surface area (TPSA) is 94.6 Å². The van der Waals surface area contributed by atoms with Crippen LogP contribution in [0.15, 0.2) is 22.8 Å². The van der Waals surface area contributed by atoms with E-state index in [9.17, 15) is 0 Å². The van der Waals surface area contributed by atoms with Crippen molar-refractivity contribution in [1.82, 2.24) is 15.2 Å². The van der Waals surface area contributed by atoms with E-state index >= 15 is 0 Å². The van der Waals surface area contributed by atoms with Gasteiger partial charge in [-0.2, -0.15) is 10.4 Å². The number of rotatable bonds is 5. The zero-order chi connectivity index (χ0) is 14.5. The third-order valence-corrected chi connectivity index (χ3v) is 3.47. The first kappa shape index (κ1) is 14.3. The molecule has 2 rings (SSSR count). The maximum Gasteiger partial charge on any atom is 0.163 e. The van der Waals surface area contributed by atoms with E-state index in [1.165, 1.54) is 0 Å². The Morgan fingerprint density at radius 1 is 1.50 bits per heavy atom. The van der Waals surface area contributed by atoms with Crippen LogP contribution in [0, 0.1) is 11.3 Å². The molecule has 0 atom stereocenters. The normalized spacial score (nSPS) is 10.2. The predicted octanol–water partition coefficient (Wildman–Crippen LogP) is 2.09. The molecule has 0 radical (unpaired) electrons. The number of nitrogen functional groups attached to an aromatic ring is 1. The number of nitriles is 1. The molecule has 0 fully saturated rings. The number of pyridine rings is 1. The van der Waals surface area contributed by atoms with E-state index in [2.05, 4.69) is 42.1 Å². The van der Waals surface area contributed by atoms with Gasteiger partial charge in [0.2, 0.25) is 0 Å². The smallest absolute Gasteiger partial charge is 0.163 e. The minimum absolute atomic E-state index is 0.269. The van der Waals surface area contributed by atoms with Crippen LogP contribution >= 0.6 is 15.9 Å². The molecule has 0 saturated carbocycles. The maximum atomic E-state index is 8.99. The van der Waals surface area contributed by atoms with Crippen molar-refractivity contribution in [2.75, 3.05) is 24.2 Å². The first-order valence-corrected chi connectivity index (χ1v) is 6.96. The maximum absolute atomic E-state index is 8.99. The zero-order valence-corrected chi connectivity index (χ0v) is 12.7. The lowest BCUT2D eigenvalue weighted by Crippen LogP contribution is -2.20. The van der Waals surface area contributed by atoms with Gasteiger partial charge in [-0.1, -0.05) is 0 Å². The second-order valence-electron chi connectivity index (χ2n) is 4.43. The second-order valence-corrected chi connectivity index (χ2v) is 5.35. The summed E-state index contributed by atoms with van der Waals surface area (Å²) in [5.41, 5.74) is 6.85. The Labute approximate surface area is 125 Å². The molecule has 0 bridgehead atoms. The van der Waals surface area contributed by atoms with Gasteiger partial charge in [0, 0.05) is 24.3 Å². The highest BCUT2D eigenvalue weighted by Gasteiger charge is 2.10. The lowest BCUT2D eigenvalue weighted by Gasteiger charge is -2.17. The first-order chi connectivity index (χ1) is 9.61. The highest BCUT2D eigenvalue weighted by molar-refractivity contribution is 9.10. The van der Waals surface area contributed by atoms with Crippen LogP contribution in [-0.4, -0.2) is 28.8 Å². The minimum Gasteiger partial charge on any atom is -0.381 e. The third kappa shape index (κ3) is 3.27. The summed E-state index contributed by atoms with van der Waals surface area (Å²) in [6, 6.07) is 5.99. The number of nitrogens with zero attached hydrogens (tertiary/aromatic N) is 4. The fraction of sp³-hybridized carbons (Fsp3) is 0.308. The van der Waals surface area contributed by atoms with Gasteiger partial charge < -0.3 is 10.6 Å². The molecule has 0 unspecified atom stereocenters. The molecule has 0 saturated heterocycles. The van der Waals surface area contributed by atoms with Crippen LogP contribution in [0.5, 0.6) is 0 Å². The standard InChI is InChI=1S/C13H15BrN6/c1-20(12-5-4-9(14)8-17-12)6-2-3-11-10(7-15)13(16)19-18-11/h4-5,8H,2-3,6H2,1H3,(H3,16,18,19). The van der Waals surface area contributed by atoms with Crippen LogP contribution in [0.25, 0.3) is 0 Å². The lowest BCUT2D eigenvalue weighted by atomic mass is 10.1. The fourth-order valence-corrected chi connectivity index (χ4v) is 2.14. The number of aromatic amines is 1. The van der Waals surface area contributed by atoms with Gasteiger partial charge in [0.1, 0.15) is 17.5 Å². The van der Waals surface area contributed by atoms with Gasteiger partial charge in [-0.05, 0) is 40.9 Å². The molecule has 2 heterocycles. The van der Waals surface area contributed by atoms with E-state index in [-0.39, 0.29) is 5.82 Å². The molecular formula is C13H15BrN6. The van der Waals surface area contributed by atoms with Crippen molar-refractivity contribution in [2.45, 2.75) is 12.8 Å². The highest BCUT2D eigenvalue weighted by Crippen LogP contribution is 2.16. The van der Waals surface area contributed by atoms with Gasteiger partial charge in [-0.3, -0.25) is 5.10 Å². The molecule has 0 aromatic carbocycles. The molecule has 0 spiro atoms. The van der Waals surface area contributed by atoms with Gasteiger partial charge in [0.15, 0.2) is 5.82 Å². The first-order valence-electron chi connectivity index (χ1n) is 6.17. The Morgan fingerprint density at radius 3 is 2.95 bits per heavy atom. The van der Waals surface area contributed by atoms with E-state index in [0.717, 1.165) is 35.4 Å². The number of aromatic nitrogens is 3. The summed E-state index contributed by atoms with van der Waals surface area (Å²) in [7, 11) is 1.99. The van der Waals surface area contributed by atoms with E-state index in [0.29, 0.717) is 5.56 Å². The van der Waals surface area contributed by atoms with E-state index in [4.69, 9.17) is 11.0 Å². The van der Waals surface area contributed by atoms with Crippen molar-refractivity contribution in [1.29, 1.82) is 5.26 Å². The van der Waals surface area contributed by atoms with Gasteiger partial charge in [-0.25, -0.2) is 4.98 Å². The molecule has 6 nitrogen and oxygen atoms in total. The predicted molar refractivity (Wildman–Crippen MR) is 81.2 cm³/mol. The van der Waals surface area contributed by atoms with E-state index in [1.807, 2.05) is 19.2 Å². The molecular weight excluding hydrogens is 320 g/mol. The Kier molecular flexibility index (Phi) is 4.58. The van der Waals surface area contributed by atoms with Gasteiger partial charge in [-0.15, -0.1) is 0 Å². The molecule has 0 amide bonds. The Bertz CT molecular complexity index is 613. The zero-order valence-electron chi connectivity index (χ0n) is 11.1. The number of hydrogen-bond acceptors (Lipinski definition) is 5. The molecule has 2 aromatic heterocycles. The summed E-state index contributed by atoms with van der Waals surface area (Å²) in [5, 5.41) is 15.6. The van der Waals surface area contributed by atoms with Crippen LogP contribution in [0.2, 0.25) is 0 Å². The number of anilines is 2. The van der Waals surface area contributed by atoms with Crippen LogP contribution < -0.4 is 10.6 Å². The van der Waals surface area contributed by atoms with Crippen molar-refractivity contribution in [3.05, 3.63) is 34.1 Å². The molecule has 0 aliphatic heterocycles. The summed E-state index contributed by atoms with van der Waals surface area (Å²) in [6.07, 6.45) is 3.38. The SMILES string of the molecule is CN(CCCc1[nH]nc(N)c1C#N)c1ccc(Br)cn1. The van der Waals surface area contributed by atoms with Crippen LogP contribution in [-0.2, 0) is 6.42 Å². The van der Waals surface area contributed by atoms with Crippen molar-refractivity contribution in [3.63, 3.8) is 0 Å². The van der Waals surface area contributed by atoms with Gasteiger partial charge >= 0.3 is 0 Å². The summed E-state index contributed by atoms with van der Waals surface area (Å²) in [4.78, 5) is 6.40. The van der Waals surface area contributed by atoms with Gasteiger partial charge in [0.05, 0.1) is 5.69 Å². The van der Waals surface area contributed by atoms with Crippen LogP contribution in [0.3, 0.4) is 0 Å². The number of nitrogens with two attached hydrogens (primary N) is 1. The van der Waals surface area contributed by atoms with Crippen LogP contribution in [0.4, 0.5) is 11.6 Å². The average molecular weight is 335 g/mol. The Morgan fingerprint density at radius 2 is 2.30 bits per heavy atom. The summed E-state index contributed by atoms with van der Waals surface area (Å²) < 4.78 is 0.959. The molecule has 20 heavy (non-hydrogen) atoms. The molecule has 0 aliphatic carbocycles. The minimum atomic E-state index is 0.269. The fourth-order valence-electron chi connectivity index (χ4n) is 1.90. The number of H-pyrrole nitrogens is 1. The van der Waals surface area contributed by atoms with Crippen molar-refractivity contribution < 1.29 is 0 Å². The van der Waals surface area contributed by atoms with Crippen LogP contribution in [0.1, 0.15) is 17.7 Å². The summed E-state index contributed by atoms with van der Waals surface area (Å²) in [5.74, 6) is 1.18. The van der Waals surface area contributed by atoms with Crippen molar-refractivity contribution in [2.24, 2.45) is 0 Å². The summed E-state index contributed by atoms with van der Waals surface area (Å²) >= 11 is 3.36. The molecule has 3 N–H and O–H groups in total. The number of aryl methyl sites for hydroxylation is 1. The van der Waals surface area contributed by atoms with E-state index in [1.54, 1.807) is 6.20 Å². The quantitative estimate of drug-likeness (QED) is 0.872. The van der Waals surface area contributed by atoms with Crippen molar-refractivity contribution >= 4 is 27.6 Å². The summed E-state index contributed by atoms with van der Waals surface area (Å²) in [6.45, 7) is 0.832. The molecule has 2 aromatic rings. The number of halogens is 1. The monoisotopic (exact) mass is 334 g/mol. The lowest BCUT2D eigenvalue weighted by molar-refractivity contribution is 0.759. The number of hydrogen-bond donors (Lipinski definition) is 2. The molecule has 7 heteroatoms. The second kappa shape index (κ2) is 6.39. The molecule has 104 valence electrons.